The van der Waals surface area contributed by atoms with Crippen LogP contribution in [0.25, 0.3) is 0 Å². The average Bonchev–Trinajstić information content (AvgIpc) is 2.42. The van der Waals surface area contributed by atoms with Crippen molar-refractivity contribution in [3.63, 3.8) is 0 Å². The molecule has 2 heterocycles. The van der Waals surface area contributed by atoms with Crippen molar-refractivity contribution in [3.05, 3.63) is 0 Å². The molecule has 0 radical (unpaired) electrons. The Kier molecular flexibility index (Phi) is 1.58. The molecule has 0 aromatic rings. The van der Waals surface area contributed by atoms with Crippen molar-refractivity contribution in [2.45, 2.75) is 37.3 Å². The third-order valence-electron chi connectivity index (χ3n) is 2.74. The summed E-state index contributed by atoms with van der Waals surface area (Å²) in [6.45, 7) is -0.212. The third kappa shape index (κ3) is 1.09. The van der Waals surface area contributed by atoms with Crippen LogP contribution in [0.15, 0.2) is 0 Å². The minimum absolute atomic E-state index is 0.0374. The van der Waals surface area contributed by atoms with Crippen LogP contribution in [0.5, 0.6) is 0 Å². The molecular formula is C8H10F2N2. The molecule has 0 aromatic carbocycles. The molecule has 2 unspecified atom stereocenters. The Morgan fingerprint density at radius 1 is 1.42 bits per heavy atom. The van der Waals surface area contributed by atoms with Gasteiger partial charge in [-0.15, -0.1) is 0 Å². The first-order chi connectivity index (χ1) is 5.62. The molecule has 4 heteroatoms. The number of hydrogen-bond acceptors (Lipinski definition) is 2. The van der Waals surface area contributed by atoms with Crippen molar-refractivity contribution in [2.24, 2.45) is 0 Å². The summed E-state index contributed by atoms with van der Waals surface area (Å²) >= 11 is 0. The smallest absolute Gasteiger partial charge is 0.262 e. The minimum atomic E-state index is -2.56. The maximum Gasteiger partial charge on any atom is 0.262 e. The lowest BCUT2D eigenvalue weighted by Crippen LogP contribution is -2.32. The van der Waals surface area contributed by atoms with Crippen LogP contribution in [0, 0.1) is 11.3 Å². The molecule has 66 valence electrons. The Bertz CT molecular complexity index is 234. The van der Waals surface area contributed by atoms with Crippen LogP contribution in [-0.4, -0.2) is 29.5 Å². The lowest BCUT2D eigenvalue weighted by molar-refractivity contribution is 0.00889. The number of hydrogen-bond donors (Lipinski definition) is 0. The van der Waals surface area contributed by atoms with Crippen LogP contribution in [0.2, 0.25) is 0 Å². The highest BCUT2D eigenvalue weighted by molar-refractivity contribution is 5.06. The van der Waals surface area contributed by atoms with Gasteiger partial charge in [-0.05, 0) is 12.8 Å². The van der Waals surface area contributed by atoms with Gasteiger partial charge in [0.2, 0.25) is 0 Å². The van der Waals surface area contributed by atoms with E-state index in [1.165, 1.54) is 0 Å². The molecule has 0 aromatic heterocycles. The first-order valence-electron chi connectivity index (χ1n) is 4.15. The predicted octanol–water partition coefficient (Wildman–Crippen LogP) is 1.38. The first-order valence-corrected chi connectivity index (χ1v) is 4.15. The first kappa shape index (κ1) is 7.93. The zero-order valence-electron chi connectivity index (χ0n) is 6.63. The summed E-state index contributed by atoms with van der Waals surface area (Å²) in [5.41, 5.74) is 0. The maximum absolute atomic E-state index is 12.8. The molecule has 0 bridgehead atoms. The van der Waals surface area contributed by atoms with Gasteiger partial charge in [0.15, 0.2) is 0 Å². The number of fused-ring (bicyclic) bond motifs is 1. The fourth-order valence-corrected chi connectivity index (χ4v) is 2.21. The van der Waals surface area contributed by atoms with Gasteiger partial charge in [-0.2, -0.15) is 5.26 Å². The van der Waals surface area contributed by atoms with Crippen LogP contribution in [0.3, 0.4) is 0 Å². The van der Waals surface area contributed by atoms with Crippen molar-refractivity contribution in [3.8, 4) is 6.07 Å². The molecule has 2 aliphatic rings. The summed E-state index contributed by atoms with van der Waals surface area (Å²) in [4.78, 5) is 1.65. The molecular weight excluding hydrogens is 162 g/mol. The maximum atomic E-state index is 12.8. The summed E-state index contributed by atoms with van der Waals surface area (Å²) in [6.07, 6.45) is 1.47. The van der Waals surface area contributed by atoms with E-state index in [1.54, 1.807) is 4.90 Å². The molecule has 12 heavy (non-hydrogen) atoms. The Hall–Kier alpha value is -0.690. The van der Waals surface area contributed by atoms with E-state index in [4.69, 9.17) is 5.26 Å². The lowest BCUT2D eigenvalue weighted by Gasteiger charge is -2.17. The average molecular weight is 172 g/mol. The van der Waals surface area contributed by atoms with E-state index in [2.05, 4.69) is 6.07 Å². The van der Waals surface area contributed by atoms with Gasteiger partial charge in [-0.1, -0.05) is 0 Å². The highest BCUT2D eigenvalue weighted by atomic mass is 19.3. The predicted molar refractivity (Wildman–Crippen MR) is 38.7 cm³/mol. The Morgan fingerprint density at radius 2 is 2.17 bits per heavy atom. The van der Waals surface area contributed by atoms with E-state index in [0.717, 1.165) is 12.8 Å². The molecule has 0 N–H and O–H groups in total. The van der Waals surface area contributed by atoms with E-state index in [0.29, 0.717) is 0 Å². The fourth-order valence-electron chi connectivity index (χ4n) is 2.21. The summed E-state index contributed by atoms with van der Waals surface area (Å²) in [7, 11) is 0. The number of alkyl halides is 2. The molecule has 2 aliphatic heterocycles. The highest BCUT2D eigenvalue weighted by Crippen LogP contribution is 2.40. The summed E-state index contributed by atoms with van der Waals surface area (Å²) in [5, 5.41) is 8.65. The van der Waals surface area contributed by atoms with Crippen LogP contribution >= 0.6 is 0 Å². The van der Waals surface area contributed by atoms with Crippen LogP contribution in [-0.2, 0) is 0 Å². The van der Waals surface area contributed by atoms with Gasteiger partial charge in [0.1, 0.15) is 0 Å². The number of rotatable bonds is 0. The van der Waals surface area contributed by atoms with Crippen LogP contribution in [0.1, 0.15) is 19.3 Å². The van der Waals surface area contributed by atoms with Crippen LogP contribution in [0.4, 0.5) is 8.78 Å². The van der Waals surface area contributed by atoms with Crippen molar-refractivity contribution < 1.29 is 8.78 Å². The number of halogens is 2. The van der Waals surface area contributed by atoms with Crippen LogP contribution < -0.4 is 0 Å². The summed E-state index contributed by atoms with van der Waals surface area (Å²) in [6, 6.07) is 1.77. The largest absolute Gasteiger partial charge is 0.279 e. The van der Waals surface area contributed by atoms with E-state index in [1.807, 2.05) is 0 Å². The zero-order valence-corrected chi connectivity index (χ0v) is 6.63. The Balaban J connectivity index is 2.12. The van der Waals surface area contributed by atoms with E-state index in [9.17, 15) is 8.78 Å². The standard InChI is InChI=1S/C8H10F2N2/c9-8(10)3-6-1-2-7(4-11)12(6)5-8/h6-7H,1-3,5H2. The van der Waals surface area contributed by atoms with Crippen molar-refractivity contribution in [2.75, 3.05) is 6.54 Å². The molecule has 2 fully saturated rings. The summed E-state index contributed by atoms with van der Waals surface area (Å²) < 4.78 is 25.6. The monoisotopic (exact) mass is 172 g/mol. The molecule has 2 atom stereocenters. The second kappa shape index (κ2) is 2.40. The Morgan fingerprint density at radius 3 is 2.83 bits per heavy atom. The van der Waals surface area contributed by atoms with Gasteiger partial charge in [-0.25, -0.2) is 8.78 Å². The highest BCUT2D eigenvalue weighted by Gasteiger charge is 2.50. The van der Waals surface area contributed by atoms with Gasteiger partial charge < -0.3 is 0 Å². The SMILES string of the molecule is N#CC1CCC2CC(F)(F)CN12. The van der Waals surface area contributed by atoms with Gasteiger partial charge in [-0.3, -0.25) is 4.90 Å². The normalized spacial score (nSPS) is 39.4. The molecule has 0 saturated carbocycles. The molecule has 2 nitrogen and oxygen atoms in total. The lowest BCUT2D eigenvalue weighted by atomic mass is 10.1. The molecule has 2 rings (SSSR count). The molecule has 2 saturated heterocycles. The second-order valence-corrected chi connectivity index (χ2v) is 3.61. The van der Waals surface area contributed by atoms with E-state index >= 15 is 0 Å². The zero-order chi connectivity index (χ0) is 8.77. The quantitative estimate of drug-likeness (QED) is 0.552. The van der Waals surface area contributed by atoms with E-state index < -0.39 is 5.92 Å². The number of nitrogens with zero attached hydrogens (tertiary/aromatic N) is 2. The van der Waals surface area contributed by atoms with Crippen molar-refractivity contribution >= 4 is 0 Å². The van der Waals surface area contributed by atoms with Crippen molar-refractivity contribution in [1.29, 1.82) is 5.26 Å². The van der Waals surface area contributed by atoms with Gasteiger partial charge in [0.25, 0.3) is 5.92 Å². The minimum Gasteiger partial charge on any atom is -0.279 e. The fraction of sp³-hybridized carbons (Fsp3) is 0.875. The Labute approximate surface area is 69.8 Å². The number of nitriles is 1. The van der Waals surface area contributed by atoms with Gasteiger partial charge in [0, 0.05) is 12.5 Å². The van der Waals surface area contributed by atoms with Gasteiger partial charge >= 0.3 is 0 Å². The molecule has 0 aliphatic carbocycles. The van der Waals surface area contributed by atoms with Gasteiger partial charge in [0.05, 0.1) is 18.7 Å². The molecule has 0 spiro atoms. The second-order valence-electron chi connectivity index (χ2n) is 3.61. The summed E-state index contributed by atoms with van der Waals surface area (Å²) in [5.74, 6) is -2.56. The molecule has 0 amide bonds. The third-order valence-corrected chi connectivity index (χ3v) is 2.74. The van der Waals surface area contributed by atoms with E-state index in [-0.39, 0.29) is 25.0 Å². The topological polar surface area (TPSA) is 27.0 Å². The van der Waals surface area contributed by atoms with Crippen molar-refractivity contribution in [1.82, 2.24) is 4.90 Å².